The summed E-state index contributed by atoms with van der Waals surface area (Å²) in [5.74, 6) is 2.36. The molecule has 120 valence electrons. The topological polar surface area (TPSA) is 62.5 Å². The monoisotopic (exact) mass is 304 g/mol. The maximum atomic E-state index is 12.7. The van der Waals surface area contributed by atoms with Crippen LogP contribution in [0.5, 0.6) is 0 Å². The van der Waals surface area contributed by atoms with Crippen molar-refractivity contribution in [3.05, 3.63) is 11.8 Å². The van der Waals surface area contributed by atoms with Crippen molar-refractivity contribution in [2.45, 2.75) is 51.5 Å². The quantitative estimate of drug-likeness (QED) is 0.848. The van der Waals surface area contributed by atoms with E-state index in [-0.39, 0.29) is 5.41 Å². The molecule has 6 nitrogen and oxygen atoms in total. The number of likely N-dealkylation sites (tertiary alicyclic amines) is 2. The molecule has 2 saturated heterocycles. The number of hydrogen-bond donors (Lipinski definition) is 0. The molecule has 0 unspecified atom stereocenters. The number of amides is 1. The molecule has 0 aromatic carbocycles. The predicted molar refractivity (Wildman–Crippen MR) is 80.1 cm³/mol. The SMILES string of the molecule is CCN1CCC[C@@]2(CCN(Cc3nnc(C4CC4)o3)C2)C1=O. The van der Waals surface area contributed by atoms with Crippen molar-refractivity contribution in [2.75, 3.05) is 26.2 Å². The Hall–Kier alpha value is -1.43. The zero-order chi connectivity index (χ0) is 15.2. The van der Waals surface area contributed by atoms with Crippen LogP contribution in [0.15, 0.2) is 4.42 Å². The van der Waals surface area contributed by atoms with Gasteiger partial charge in [0.2, 0.25) is 17.7 Å². The van der Waals surface area contributed by atoms with Crippen LogP contribution in [0, 0.1) is 5.41 Å². The van der Waals surface area contributed by atoms with Crippen molar-refractivity contribution in [2.24, 2.45) is 5.41 Å². The smallest absolute Gasteiger partial charge is 0.230 e. The largest absolute Gasteiger partial charge is 0.424 e. The number of carbonyl (C=O) groups excluding carboxylic acids is 1. The summed E-state index contributed by atoms with van der Waals surface area (Å²) in [6, 6.07) is 0. The van der Waals surface area contributed by atoms with Crippen molar-refractivity contribution >= 4 is 5.91 Å². The Morgan fingerprint density at radius 3 is 2.91 bits per heavy atom. The molecule has 2 aliphatic heterocycles. The summed E-state index contributed by atoms with van der Waals surface area (Å²) in [7, 11) is 0. The zero-order valence-electron chi connectivity index (χ0n) is 13.3. The van der Waals surface area contributed by atoms with Gasteiger partial charge in [0.1, 0.15) is 0 Å². The summed E-state index contributed by atoms with van der Waals surface area (Å²) < 4.78 is 5.76. The van der Waals surface area contributed by atoms with Crippen LogP contribution in [0.4, 0.5) is 0 Å². The van der Waals surface area contributed by atoms with Gasteiger partial charge >= 0.3 is 0 Å². The lowest BCUT2D eigenvalue weighted by Crippen LogP contribution is -2.49. The molecule has 3 heterocycles. The standard InChI is InChI=1S/C16H24N4O2/c1-2-20-8-3-6-16(15(20)21)7-9-19(11-16)10-13-17-18-14(22-13)12-4-5-12/h12H,2-11H2,1H3/t16-/m0/s1. The fourth-order valence-corrected chi connectivity index (χ4v) is 3.94. The minimum atomic E-state index is -0.159. The van der Waals surface area contributed by atoms with E-state index in [1.807, 2.05) is 4.90 Å². The van der Waals surface area contributed by atoms with Gasteiger partial charge in [-0.2, -0.15) is 0 Å². The summed E-state index contributed by atoms with van der Waals surface area (Å²) in [6.45, 7) is 6.29. The van der Waals surface area contributed by atoms with Gasteiger partial charge in [0.15, 0.2) is 0 Å². The van der Waals surface area contributed by atoms with Crippen LogP contribution in [0.1, 0.15) is 56.7 Å². The highest BCUT2D eigenvalue weighted by Crippen LogP contribution is 2.41. The first-order valence-corrected chi connectivity index (χ1v) is 8.54. The first kappa shape index (κ1) is 14.2. The average molecular weight is 304 g/mol. The fourth-order valence-electron chi connectivity index (χ4n) is 3.94. The maximum absolute atomic E-state index is 12.7. The minimum Gasteiger partial charge on any atom is -0.424 e. The molecule has 0 bridgehead atoms. The molecule has 1 saturated carbocycles. The van der Waals surface area contributed by atoms with Crippen molar-refractivity contribution in [3.63, 3.8) is 0 Å². The van der Waals surface area contributed by atoms with Gasteiger partial charge in [-0.1, -0.05) is 0 Å². The van der Waals surface area contributed by atoms with E-state index in [9.17, 15) is 4.79 Å². The van der Waals surface area contributed by atoms with Gasteiger partial charge in [0.05, 0.1) is 12.0 Å². The highest BCUT2D eigenvalue weighted by Gasteiger charge is 2.48. The van der Waals surface area contributed by atoms with Crippen LogP contribution in [-0.4, -0.2) is 52.1 Å². The summed E-state index contributed by atoms with van der Waals surface area (Å²) in [5.41, 5.74) is -0.159. The van der Waals surface area contributed by atoms with Crippen LogP contribution in [0.25, 0.3) is 0 Å². The number of nitrogens with zero attached hydrogens (tertiary/aromatic N) is 4. The van der Waals surface area contributed by atoms with Gasteiger partial charge in [-0.25, -0.2) is 0 Å². The third kappa shape index (κ3) is 2.43. The molecule has 1 amide bonds. The molecule has 1 aromatic rings. The lowest BCUT2D eigenvalue weighted by Gasteiger charge is -2.39. The summed E-state index contributed by atoms with van der Waals surface area (Å²) >= 11 is 0. The minimum absolute atomic E-state index is 0.159. The first-order chi connectivity index (χ1) is 10.7. The predicted octanol–water partition coefficient (Wildman–Crippen LogP) is 1.78. The van der Waals surface area contributed by atoms with Gasteiger partial charge < -0.3 is 9.32 Å². The van der Waals surface area contributed by atoms with Crippen LogP contribution in [0.3, 0.4) is 0 Å². The van der Waals surface area contributed by atoms with E-state index >= 15 is 0 Å². The molecule has 3 fully saturated rings. The molecule has 6 heteroatoms. The normalized spacial score (nSPS) is 29.7. The van der Waals surface area contributed by atoms with Gasteiger partial charge in [-0.15, -0.1) is 10.2 Å². The fraction of sp³-hybridized carbons (Fsp3) is 0.812. The third-order valence-electron chi connectivity index (χ3n) is 5.41. The molecule has 0 N–H and O–H groups in total. The molecule has 1 atom stereocenters. The number of piperidine rings is 1. The number of carbonyl (C=O) groups is 1. The summed E-state index contributed by atoms with van der Waals surface area (Å²) in [5, 5.41) is 8.32. The van der Waals surface area contributed by atoms with Crippen molar-refractivity contribution in [1.82, 2.24) is 20.0 Å². The second-order valence-electron chi connectivity index (χ2n) is 7.04. The second kappa shape index (κ2) is 5.33. The van der Waals surface area contributed by atoms with Gasteiger partial charge in [-0.05, 0) is 45.6 Å². The van der Waals surface area contributed by atoms with Gasteiger partial charge in [0.25, 0.3) is 0 Å². The van der Waals surface area contributed by atoms with Crippen molar-refractivity contribution in [1.29, 1.82) is 0 Å². The van der Waals surface area contributed by atoms with E-state index < -0.39 is 0 Å². The van der Waals surface area contributed by atoms with E-state index in [4.69, 9.17) is 4.42 Å². The van der Waals surface area contributed by atoms with Crippen LogP contribution < -0.4 is 0 Å². The van der Waals surface area contributed by atoms with Gasteiger partial charge in [-0.3, -0.25) is 9.69 Å². The van der Waals surface area contributed by atoms with E-state index in [0.29, 0.717) is 24.3 Å². The van der Waals surface area contributed by atoms with Crippen LogP contribution in [-0.2, 0) is 11.3 Å². The first-order valence-electron chi connectivity index (χ1n) is 8.54. The van der Waals surface area contributed by atoms with Crippen molar-refractivity contribution < 1.29 is 9.21 Å². The highest BCUT2D eigenvalue weighted by molar-refractivity contribution is 5.84. The van der Waals surface area contributed by atoms with E-state index in [0.717, 1.165) is 51.3 Å². The molecule has 1 aliphatic carbocycles. The maximum Gasteiger partial charge on any atom is 0.230 e. The summed E-state index contributed by atoms with van der Waals surface area (Å²) in [4.78, 5) is 17.1. The Balaban J connectivity index is 1.41. The molecule has 0 radical (unpaired) electrons. The Kier molecular flexibility index (Phi) is 3.44. The zero-order valence-corrected chi connectivity index (χ0v) is 13.3. The Labute approximate surface area is 130 Å². The van der Waals surface area contributed by atoms with Crippen LogP contribution in [0.2, 0.25) is 0 Å². The molecule has 22 heavy (non-hydrogen) atoms. The Bertz CT molecular complexity index is 568. The van der Waals surface area contributed by atoms with Gasteiger partial charge in [0, 0.05) is 25.6 Å². The lowest BCUT2D eigenvalue weighted by molar-refractivity contribution is -0.145. The van der Waals surface area contributed by atoms with E-state index in [2.05, 4.69) is 22.0 Å². The highest BCUT2D eigenvalue weighted by atomic mass is 16.4. The third-order valence-corrected chi connectivity index (χ3v) is 5.41. The second-order valence-corrected chi connectivity index (χ2v) is 7.04. The molecule has 1 aromatic heterocycles. The Morgan fingerprint density at radius 2 is 2.14 bits per heavy atom. The lowest BCUT2D eigenvalue weighted by atomic mass is 9.78. The number of rotatable bonds is 4. The van der Waals surface area contributed by atoms with E-state index in [1.165, 1.54) is 12.8 Å². The summed E-state index contributed by atoms with van der Waals surface area (Å²) in [6.07, 6.45) is 5.47. The van der Waals surface area contributed by atoms with Crippen LogP contribution >= 0.6 is 0 Å². The average Bonchev–Trinajstić information content (AvgIpc) is 3.15. The molecule has 4 rings (SSSR count). The Morgan fingerprint density at radius 1 is 1.27 bits per heavy atom. The molecule has 3 aliphatic rings. The number of hydrogen-bond acceptors (Lipinski definition) is 5. The van der Waals surface area contributed by atoms with Crippen molar-refractivity contribution in [3.8, 4) is 0 Å². The molecule has 1 spiro atoms. The van der Waals surface area contributed by atoms with E-state index in [1.54, 1.807) is 0 Å². The molecular formula is C16H24N4O2. The molecular weight excluding hydrogens is 280 g/mol. The number of aromatic nitrogens is 2.